The van der Waals surface area contributed by atoms with Crippen molar-refractivity contribution in [3.63, 3.8) is 0 Å². The second kappa shape index (κ2) is 7.45. The first-order valence-corrected chi connectivity index (χ1v) is 9.22. The molecule has 0 saturated carbocycles. The third-order valence-corrected chi connectivity index (χ3v) is 5.11. The highest BCUT2D eigenvalue weighted by Gasteiger charge is 2.28. The molecule has 1 aliphatic heterocycles. The Hall–Kier alpha value is -2.05. The average Bonchev–Trinajstić information content (AvgIpc) is 3.07. The highest BCUT2D eigenvalue weighted by atomic mass is 79.9. The Labute approximate surface area is 162 Å². The summed E-state index contributed by atoms with van der Waals surface area (Å²) in [6, 6.07) is 16.8. The van der Waals surface area contributed by atoms with Gasteiger partial charge in [0.05, 0.1) is 11.7 Å². The Morgan fingerprint density at radius 3 is 2.32 bits per heavy atom. The predicted molar refractivity (Wildman–Crippen MR) is 112 cm³/mol. The first-order chi connectivity index (χ1) is 12.0. The number of nitrogens with zero attached hydrogens (tertiary/aromatic N) is 2. The highest BCUT2D eigenvalue weighted by Crippen LogP contribution is 2.32. The van der Waals surface area contributed by atoms with Gasteiger partial charge in [0, 0.05) is 31.3 Å². The van der Waals surface area contributed by atoms with Crippen LogP contribution in [0.3, 0.4) is 0 Å². The molecule has 2 N–H and O–H groups in total. The lowest BCUT2D eigenvalue weighted by atomic mass is 10.0. The minimum atomic E-state index is 0.0369. The zero-order chi connectivity index (χ0) is 18.0. The summed E-state index contributed by atoms with van der Waals surface area (Å²) in [7, 11) is 5.92. The van der Waals surface area contributed by atoms with Crippen LogP contribution in [0, 0.1) is 0 Å². The summed E-state index contributed by atoms with van der Waals surface area (Å²) in [5.41, 5.74) is 7.96. The zero-order valence-electron chi connectivity index (χ0n) is 14.5. The smallest absolute Gasteiger partial charge is 0.188 e. The fourth-order valence-corrected chi connectivity index (χ4v) is 3.20. The Morgan fingerprint density at radius 2 is 1.76 bits per heavy atom. The number of thiocarbonyl (C=S) groups is 1. The lowest BCUT2D eigenvalue weighted by molar-refractivity contribution is 0.339. The van der Waals surface area contributed by atoms with Gasteiger partial charge in [0.1, 0.15) is 0 Å². The molecule has 25 heavy (non-hydrogen) atoms. The van der Waals surface area contributed by atoms with Crippen LogP contribution in [0.5, 0.6) is 0 Å². The third kappa shape index (κ3) is 3.80. The number of halogens is 1. The molecule has 0 unspecified atom stereocenters. The average molecular weight is 417 g/mol. The van der Waals surface area contributed by atoms with Crippen LogP contribution in [0.4, 0.5) is 5.69 Å². The summed E-state index contributed by atoms with van der Waals surface area (Å²) in [4.78, 5) is 2.09. The summed E-state index contributed by atoms with van der Waals surface area (Å²) in [5, 5.41) is 5.70. The van der Waals surface area contributed by atoms with Gasteiger partial charge in [0.2, 0.25) is 0 Å². The van der Waals surface area contributed by atoms with Gasteiger partial charge in [0.25, 0.3) is 0 Å². The SMILES string of the molecule is CNC(=S)N1NC(c2ccc(Br)cc2)=C[C@H]1c1ccc(N(C)C)cc1. The molecule has 3 rings (SSSR count). The maximum absolute atomic E-state index is 5.49. The van der Waals surface area contributed by atoms with Gasteiger partial charge < -0.3 is 10.2 Å². The molecular weight excluding hydrogens is 396 g/mol. The lowest BCUT2D eigenvalue weighted by Crippen LogP contribution is -2.44. The summed E-state index contributed by atoms with van der Waals surface area (Å²) in [6.45, 7) is 0. The number of hydrogen-bond acceptors (Lipinski definition) is 3. The second-order valence-electron chi connectivity index (χ2n) is 6.05. The number of hydrazine groups is 1. The van der Waals surface area contributed by atoms with Gasteiger partial charge in [-0.1, -0.05) is 40.2 Å². The molecule has 6 heteroatoms. The van der Waals surface area contributed by atoms with E-state index in [0.717, 1.165) is 15.7 Å². The summed E-state index contributed by atoms with van der Waals surface area (Å²) in [5.74, 6) is 0. The van der Waals surface area contributed by atoms with Crippen LogP contribution < -0.4 is 15.6 Å². The first-order valence-electron chi connectivity index (χ1n) is 8.02. The monoisotopic (exact) mass is 416 g/mol. The molecule has 1 aliphatic rings. The molecule has 0 saturated heterocycles. The van der Waals surface area contributed by atoms with Gasteiger partial charge in [-0.3, -0.25) is 10.4 Å². The molecule has 4 nitrogen and oxygen atoms in total. The molecule has 0 aliphatic carbocycles. The molecular formula is C19H21BrN4S. The van der Waals surface area contributed by atoms with E-state index in [1.54, 1.807) is 0 Å². The Kier molecular flexibility index (Phi) is 5.30. The normalized spacial score (nSPS) is 16.2. The van der Waals surface area contributed by atoms with Gasteiger partial charge in [-0.25, -0.2) is 0 Å². The number of nitrogens with one attached hydrogen (secondary N) is 2. The minimum Gasteiger partial charge on any atom is -0.378 e. The van der Waals surface area contributed by atoms with E-state index in [0.29, 0.717) is 5.11 Å². The van der Waals surface area contributed by atoms with Crippen molar-refractivity contribution < 1.29 is 0 Å². The van der Waals surface area contributed by atoms with E-state index in [1.165, 1.54) is 11.3 Å². The molecule has 0 amide bonds. The fraction of sp³-hybridized carbons (Fsp3) is 0.211. The fourth-order valence-electron chi connectivity index (χ4n) is 2.77. The Bertz CT molecular complexity index is 784. The predicted octanol–water partition coefficient (Wildman–Crippen LogP) is 3.92. The molecule has 0 aromatic heterocycles. The van der Waals surface area contributed by atoms with Crippen molar-refractivity contribution >= 4 is 44.6 Å². The van der Waals surface area contributed by atoms with Crippen LogP contribution in [0.25, 0.3) is 5.70 Å². The van der Waals surface area contributed by atoms with E-state index in [2.05, 4.69) is 74.0 Å². The van der Waals surface area contributed by atoms with Gasteiger partial charge in [0.15, 0.2) is 5.11 Å². The second-order valence-corrected chi connectivity index (χ2v) is 7.36. The van der Waals surface area contributed by atoms with E-state index in [-0.39, 0.29) is 6.04 Å². The highest BCUT2D eigenvalue weighted by molar-refractivity contribution is 9.10. The van der Waals surface area contributed by atoms with E-state index < -0.39 is 0 Å². The molecule has 2 aromatic rings. The van der Waals surface area contributed by atoms with E-state index in [9.17, 15) is 0 Å². The maximum Gasteiger partial charge on any atom is 0.188 e. The molecule has 0 bridgehead atoms. The van der Waals surface area contributed by atoms with Crippen molar-refractivity contribution in [2.75, 3.05) is 26.0 Å². The lowest BCUT2D eigenvalue weighted by Gasteiger charge is -2.27. The molecule has 0 radical (unpaired) electrons. The number of hydrogen-bond donors (Lipinski definition) is 2. The summed E-state index contributed by atoms with van der Waals surface area (Å²) >= 11 is 8.97. The van der Waals surface area contributed by atoms with Crippen molar-refractivity contribution in [2.24, 2.45) is 0 Å². The van der Waals surface area contributed by atoms with Crippen molar-refractivity contribution in [1.29, 1.82) is 0 Å². The van der Waals surface area contributed by atoms with Gasteiger partial charge in [-0.2, -0.15) is 0 Å². The van der Waals surface area contributed by atoms with Crippen molar-refractivity contribution in [3.8, 4) is 0 Å². The zero-order valence-corrected chi connectivity index (χ0v) is 16.9. The molecule has 130 valence electrons. The van der Waals surface area contributed by atoms with Crippen molar-refractivity contribution in [2.45, 2.75) is 6.04 Å². The third-order valence-electron chi connectivity index (χ3n) is 4.18. The topological polar surface area (TPSA) is 30.5 Å². The van der Waals surface area contributed by atoms with Crippen LogP contribution in [0.15, 0.2) is 59.1 Å². The number of benzene rings is 2. The van der Waals surface area contributed by atoms with Crippen molar-refractivity contribution in [3.05, 3.63) is 70.2 Å². The van der Waals surface area contributed by atoms with Crippen LogP contribution >= 0.6 is 28.1 Å². The largest absolute Gasteiger partial charge is 0.378 e. The number of rotatable bonds is 3. The van der Waals surface area contributed by atoms with Crippen LogP contribution in [-0.2, 0) is 0 Å². The van der Waals surface area contributed by atoms with Crippen LogP contribution in [-0.4, -0.2) is 31.3 Å². The quantitative estimate of drug-likeness (QED) is 0.740. The summed E-state index contributed by atoms with van der Waals surface area (Å²) < 4.78 is 1.06. The number of anilines is 1. The Balaban J connectivity index is 1.94. The first kappa shape index (κ1) is 17.8. The van der Waals surface area contributed by atoms with E-state index in [4.69, 9.17) is 12.2 Å². The van der Waals surface area contributed by atoms with Gasteiger partial charge in [-0.15, -0.1) is 0 Å². The molecule has 2 aromatic carbocycles. The van der Waals surface area contributed by atoms with E-state index in [1.807, 2.05) is 38.3 Å². The Morgan fingerprint density at radius 1 is 1.12 bits per heavy atom. The van der Waals surface area contributed by atoms with Crippen LogP contribution in [0.1, 0.15) is 17.2 Å². The molecule has 0 spiro atoms. The van der Waals surface area contributed by atoms with Gasteiger partial charge in [-0.05, 0) is 53.7 Å². The van der Waals surface area contributed by atoms with Crippen LogP contribution in [0.2, 0.25) is 0 Å². The van der Waals surface area contributed by atoms with E-state index >= 15 is 0 Å². The molecule has 1 heterocycles. The summed E-state index contributed by atoms with van der Waals surface area (Å²) in [6.07, 6.45) is 2.21. The molecule has 0 fully saturated rings. The van der Waals surface area contributed by atoms with Crippen molar-refractivity contribution in [1.82, 2.24) is 15.8 Å². The minimum absolute atomic E-state index is 0.0369. The maximum atomic E-state index is 5.49. The standard InChI is InChI=1S/C19H21BrN4S/c1-21-19(25)24-18(14-6-10-16(11-7-14)23(2)3)12-17(22-24)13-4-8-15(20)9-5-13/h4-12,18,22H,1-3H3,(H,21,25)/t18-/m0/s1. The van der Waals surface area contributed by atoms with Gasteiger partial charge >= 0.3 is 0 Å². The molecule has 1 atom stereocenters.